The predicted octanol–water partition coefficient (Wildman–Crippen LogP) is 3.10. The molecule has 1 unspecified atom stereocenters. The van der Waals surface area contributed by atoms with E-state index in [0.717, 1.165) is 0 Å². The number of ether oxygens (including phenoxy) is 1. The van der Waals surface area contributed by atoms with Gasteiger partial charge in [-0.1, -0.05) is 60.7 Å². The van der Waals surface area contributed by atoms with Crippen LogP contribution in [0.4, 0.5) is 0 Å². The van der Waals surface area contributed by atoms with Gasteiger partial charge in [-0.25, -0.2) is 0 Å². The molecule has 0 spiro atoms. The van der Waals surface area contributed by atoms with Crippen molar-refractivity contribution in [1.29, 1.82) is 0 Å². The van der Waals surface area contributed by atoms with E-state index in [1.807, 2.05) is 6.07 Å². The zero-order valence-corrected chi connectivity index (χ0v) is 13.1. The average Bonchev–Trinajstić information content (AvgIpc) is 2.61. The van der Waals surface area contributed by atoms with Gasteiger partial charge in [0, 0.05) is 12.0 Å². The summed E-state index contributed by atoms with van der Waals surface area (Å²) in [4.78, 5) is 24.5. The van der Waals surface area contributed by atoms with Crippen molar-refractivity contribution in [2.24, 2.45) is 0 Å². The zero-order valence-electron chi connectivity index (χ0n) is 13.1. The fourth-order valence-corrected chi connectivity index (χ4v) is 2.45. The molecular formula is C19H20O4. The summed E-state index contributed by atoms with van der Waals surface area (Å²) in [6.07, 6.45) is -0.0542. The Morgan fingerprint density at radius 2 is 1.57 bits per heavy atom. The molecule has 2 aromatic rings. The number of esters is 1. The smallest absolute Gasteiger partial charge is 0.305 e. The van der Waals surface area contributed by atoms with Crippen molar-refractivity contribution in [3.8, 4) is 0 Å². The van der Waals surface area contributed by atoms with Crippen LogP contribution in [0.1, 0.15) is 35.7 Å². The summed E-state index contributed by atoms with van der Waals surface area (Å²) in [6, 6.07) is 17.3. The van der Waals surface area contributed by atoms with Crippen LogP contribution in [-0.2, 0) is 15.1 Å². The first-order valence-electron chi connectivity index (χ1n) is 7.61. The second-order valence-corrected chi connectivity index (χ2v) is 5.23. The SMILES string of the molecule is CCOC(=O)CCC(O)(C(=O)c1ccccc1)c1ccccc1. The van der Waals surface area contributed by atoms with Gasteiger partial charge in [-0.2, -0.15) is 0 Å². The average molecular weight is 312 g/mol. The van der Waals surface area contributed by atoms with E-state index in [4.69, 9.17) is 4.74 Å². The van der Waals surface area contributed by atoms with Crippen LogP contribution in [0.3, 0.4) is 0 Å². The second kappa shape index (κ2) is 7.70. The molecule has 0 radical (unpaired) electrons. The Balaban J connectivity index is 2.32. The molecule has 2 rings (SSSR count). The number of benzene rings is 2. The molecule has 0 aliphatic heterocycles. The fraction of sp³-hybridized carbons (Fsp3) is 0.263. The lowest BCUT2D eigenvalue weighted by molar-refractivity contribution is -0.144. The van der Waals surface area contributed by atoms with Gasteiger partial charge in [-0.15, -0.1) is 0 Å². The van der Waals surface area contributed by atoms with Crippen molar-refractivity contribution < 1.29 is 19.4 Å². The third kappa shape index (κ3) is 4.05. The quantitative estimate of drug-likeness (QED) is 0.630. The van der Waals surface area contributed by atoms with Crippen LogP contribution in [0.25, 0.3) is 0 Å². The molecule has 0 saturated carbocycles. The van der Waals surface area contributed by atoms with Gasteiger partial charge < -0.3 is 9.84 Å². The van der Waals surface area contributed by atoms with E-state index in [-0.39, 0.29) is 19.4 Å². The van der Waals surface area contributed by atoms with E-state index in [9.17, 15) is 14.7 Å². The van der Waals surface area contributed by atoms with Crippen molar-refractivity contribution in [3.05, 3.63) is 71.8 Å². The van der Waals surface area contributed by atoms with Crippen LogP contribution in [-0.4, -0.2) is 23.5 Å². The van der Waals surface area contributed by atoms with E-state index in [1.165, 1.54) is 0 Å². The molecule has 0 aliphatic rings. The van der Waals surface area contributed by atoms with E-state index in [1.54, 1.807) is 61.5 Å². The maximum atomic E-state index is 12.8. The summed E-state index contributed by atoms with van der Waals surface area (Å²) in [5.41, 5.74) is -0.879. The first kappa shape index (κ1) is 16.9. The molecule has 1 atom stereocenters. The number of carbonyl (C=O) groups is 2. The van der Waals surface area contributed by atoms with Crippen molar-refractivity contribution >= 4 is 11.8 Å². The minimum absolute atomic E-state index is 0.0242. The maximum Gasteiger partial charge on any atom is 0.305 e. The van der Waals surface area contributed by atoms with Crippen LogP contribution in [0.15, 0.2) is 60.7 Å². The molecular weight excluding hydrogens is 292 g/mol. The predicted molar refractivity (Wildman–Crippen MR) is 87.0 cm³/mol. The number of hydrogen-bond acceptors (Lipinski definition) is 4. The molecule has 4 nitrogen and oxygen atoms in total. The van der Waals surface area contributed by atoms with Crippen LogP contribution < -0.4 is 0 Å². The highest BCUT2D eigenvalue weighted by Gasteiger charge is 2.38. The van der Waals surface area contributed by atoms with Gasteiger partial charge in [0.25, 0.3) is 0 Å². The summed E-state index contributed by atoms with van der Waals surface area (Å²) >= 11 is 0. The maximum absolute atomic E-state index is 12.8. The summed E-state index contributed by atoms with van der Waals surface area (Å²) in [5, 5.41) is 11.1. The summed E-state index contributed by atoms with van der Waals surface area (Å²) in [7, 11) is 0. The third-order valence-electron chi connectivity index (χ3n) is 3.66. The molecule has 0 aliphatic carbocycles. The molecule has 0 bridgehead atoms. The van der Waals surface area contributed by atoms with Gasteiger partial charge in [0.05, 0.1) is 6.61 Å². The van der Waals surface area contributed by atoms with Gasteiger partial charge in [-0.05, 0) is 18.9 Å². The van der Waals surface area contributed by atoms with Gasteiger partial charge in [0.15, 0.2) is 11.4 Å². The van der Waals surface area contributed by atoms with Gasteiger partial charge in [0.2, 0.25) is 0 Å². The molecule has 0 heterocycles. The van der Waals surface area contributed by atoms with Crippen molar-refractivity contribution in [2.75, 3.05) is 6.61 Å². The Morgan fingerprint density at radius 1 is 1.00 bits per heavy atom. The number of rotatable bonds is 7. The largest absolute Gasteiger partial charge is 0.466 e. The van der Waals surface area contributed by atoms with Crippen LogP contribution >= 0.6 is 0 Å². The molecule has 23 heavy (non-hydrogen) atoms. The van der Waals surface area contributed by atoms with Crippen molar-refractivity contribution in [1.82, 2.24) is 0 Å². The lowest BCUT2D eigenvalue weighted by Gasteiger charge is -2.27. The number of hydrogen-bond donors (Lipinski definition) is 1. The lowest BCUT2D eigenvalue weighted by atomic mass is 9.82. The molecule has 0 aromatic heterocycles. The molecule has 0 saturated heterocycles. The molecule has 1 N–H and O–H groups in total. The Labute approximate surface area is 135 Å². The van der Waals surface area contributed by atoms with Gasteiger partial charge >= 0.3 is 5.97 Å². The summed E-state index contributed by atoms with van der Waals surface area (Å²) < 4.78 is 4.90. The lowest BCUT2D eigenvalue weighted by Crippen LogP contribution is -2.36. The Morgan fingerprint density at radius 3 is 2.13 bits per heavy atom. The zero-order chi connectivity index (χ0) is 16.7. The molecule has 4 heteroatoms. The van der Waals surface area contributed by atoms with E-state index in [0.29, 0.717) is 11.1 Å². The van der Waals surface area contributed by atoms with Gasteiger partial charge in [-0.3, -0.25) is 9.59 Å². The van der Waals surface area contributed by atoms with Crippen molar-refractivity contribution in [3.63, 3.8) is 0 Å². The van der Waals surface area contributed by atoms with Crippen LogP contribution in [0.5, 0.6) is 0 Å². The van der Waals surface area contributed by atoms with E-state index >= 15 is 0 Å². The first-order chi connectivity index (χ1) is 11.1. The molecule has 2 aromatic carbocycles. The van der Waals surface area contributed by atoms with Crippen molar-refractivity contribution in [2.45, 2.75) is 25.4 Å². The van der Waals surface area contributed by atoms with Crippen LogP contribution in [0.2, 0.25) is 0 Å². The summed E-state index contributed by atoms with van der Waals surface area (Å²) in [5.74, 6) is -0.851. The van der Waals surface area contributed by atoms with E-state index < -0.39 is 17.4 Å². The minimum atomic E-state index is -1.75. The molecule has 120 valence electrons. The van der Waals surface area contributed by atoms with E-state index in [2.05, 4.69) is 0 Å². The standard InChI is InChI=1S/C19H20O4/c1-2-23-17(20)13-14-19(22,16-11-7-4-8-12-16)18(21)15-9-5-3-6-10-15/h3-12,22H,2,13-14H2,1H3. The Kier molecular flexibility index (Phi) is 5.66. The highest BCUT2D eigenvalue weighted by molar-refractivity contribution is 6.03. The highest BCUT2D eigenvalue weighted by atomic mass is 16.5. The normalized spacial score (nSPS) is 13.1. The van der Waals surface area contributed by atoms with Crippen LogP contribution in [0, 0.1) is 0 Å². The number of carbonyl (C=O) groups excluding carboxylic acids is 2. The highest BCUT2D eigenvalue weighted by Crippen LogP contribution is 2.30. The first-order valence-corrected chi connectivity index (χ1v) is 7.61. The topological polar surface area (TPSA) is 63.6 Å². The number of ketones is 1. The fourth-order valence-electron chi connectivity index (χ4n) is 2.45. The van der Waals surface area contributed by atoms with Gasteiger partial charge in [0.1, 0.15) is 0 Å². The summed E-state index contributed by atoms with van der Waals surface area (Å²) in [6.45, 7) is 1.99. The third-order valence-corrected chi connectivity index (χ3v) is 3.66. The minimum Gasteiger partial charge on any atom is -0.466 e. The monoisotopic (exact) mass is 312 g/mol. The molecule has 0 fully saturated rings. The Hall–Kier alpha value is -2.46. The Bertz CT molecular complexity index is 652. The molecule has 0 amide bonds. The second-order valence-electron chi connectivity index (χ2n) is 5.23. The number of Topliss-reactive ketones (excluding diaryl/α,β-unsaturated/α-hetero) is 1. The number of aliphatic hydroxyl groups is 1.